The number of aromatic carboxylic acids is 1. The fourth-order valence-corrected chi connectivity index (χ4v) is 1.14. The first-order chi connectivity index (χ1) is 6.65. The lowest BCUT2D eigenvalue weighted by Crippen LogP contribution is -2.04. The van der Waals surface area contributed by atoms with Crippen molar-refractivity contribution in [2.45, 2.75) is 20.3 Å². The summed E-state index contributed by atoms with van der Waals surface area (Å²) in [5, 5.41) is 8.88. The van der Waals surface area contributed by atoms with Crippen LogP contribution in [-0.2, 0) is 0 Å². The van der Waals surface area contributed by atoms with Crippen molar-refractivity contribution in [1.82, 2.24) is 0 Å². The van der Waals surface area contributed by atoms with Crippen molar-refractivity contribution in [2.75, 3.05) is 6.61 Å². The minimum atomic E-state index is -0.948. The number of aryl methyl sites for hydroxylation is 1. The molecule has 1 N–H and O–H groups in total. The molecule has 0 aliphatic carbocycles. The van der Waals surface area contributed by atoms with Crippen LogP contribution in [0.15, 0.2) is 18.2 Å². The van der Waals surface area contributed by atoms with E-state index in [1.54, 1.807) is 18.2 Å². The Morgan fingerprint density at radius 3 is 2.79 bits per heavy atom. The molecule has 0 fully saturated rings. The second-order valence-corrected chi connectivity index (χ2v) is 3.15. The summed E-state index contributed by atoms with van der Waals surface area (Å²) in [5.41, 5.74) is 1.23. The molecule has 0 unspecified atom stereocenters. The van der Waals surface area contributed by atoms with Crippen LogP contribution in [0, 0.1) is 6.92 Å². The molecule has 0 saturated carbocycles. The van der Waals surface area contributed by atoms with E-state index < -0.39 is 5.97 Å². The van der Waals surface area contributed by atoms with Crippen LogP contribution in [0.25, 0.3) is 0 Å². The first-order valence-corrected chi connectivity index (χ1v) is 4.62. The Morgan fingerprint density at radius 1 is 1.50 bits per heavy atom. The van der Waals surface area contributed by atoms with Crippen molar-refractivity contribution in [2.24, 2.45) is 0 Å². The molecule has 14 heavy (non-hydrogen) atoms. The van der Waals surface area contributed by atoms with Gasteiger partial charge in [-0.15, -0.1) is 0 Å². The summed E-state index contributed by atoms with van der Waals surface area (Å²) < 4.78 is 5.35. The van der Waals surface area contributed by atoms with Gasteiger partial charge in [-0.05, 0) is 31.0 Å². The summed E-state index contributed by atoms with van der Waals surface area (Å²) in [6.07, 6.45) is 0.868. The monoisotopic (exact) mass is 194 g/mol. The van der Waals surface area contributed by atoms with Crippen molar-refractivity contribution in [3.8, 4) is 5.75 Å². The van der Waals surface area contributed by atoms with Crippen LogP contribution in [-0.4, -0.2) is 17.7 Å². The number of carboxylic acid groups (broad SMARTS) is 1. The highest BCUT2D eigenvalue weighted by atomic mass is 16.5. The van der Waals surface area contributed by atoms with Gasteiger partial charge in [0.15, 0.2) is 0 Å². The molecular weight excluding hydrogens is 180 g/mol. The van der Waals surface area contributed by atoms with Crippen molar-refractivity contribution in [3.63, 3.8) is 0 Å². The summed E-state index contributed by atoms with van der Waals surface area (Å²) >= 11 is 0. The van der Waals surface area contributed by atoms with Gasteiger partial charge in [-0.1, -0.05) is 13.0 Å². The standard InChI is InChI=1S/C11H14O3/c1-3-6-14-10-7-8(2)4-5-9(10)11(12)13/h4-5,7H,3,6H2,1-2H3,(H,12,13). The van der Waals surface area contributed by atoms with Crippen LogP contribution in [0.2, 0.25) is 0 Å². The van der Waals surface area contributed by atoms with Gasteiger partial charge in [0.1, 0.15) is 11.3 Å². The summed E-state index contributed by atoms with van der Waals surface area (Å²) in [7, 11) is 0. The summed E-state index contributed by atoms with van der Waals surface area (Å²) in [5.74, 6) is -0.490. The van der Waals surface area contributed by atoms with Gasteiger partial charge in [-0.25, -0.2) is 4.79 Å². The predicted molar refractivity (Wildman–Crippen MR) is 53.9 cm³/mol. The molecule has 3 heteroatoms. The minimum absolute atomic E-state index is 0.226. The number of carboxylic acids is 1. The number of rotatable bonds is 4. The Labute approximate surface area is 83.3 Å². The maximum atomic E-state index is 10.8. The molecule has 0 aliphatic heterocycles. The van der Waals surface area contributed by atoms with Gasteiger partial charge in [-0.2, -0.15) is 0 Å². The van der Waals surface area contributed by atoms with Gasteiger partial charge >= 0.3 is 5.97 Å². The van der Waals surface area contributed by atoms with E-state index in [0.717, 1.165) is 12.0 Å². The molecule has 0 saturated heterocycles. The Morgan fingerprint density at radius 2 is 2.21 bits per heavy atom. The third kappa shape index (κ3) is 2.49. The van der Waals surface area contributed by atoms with Crippen LogP contribution in [0.5, 0.6) is 5.75 Å². The van der Waals surface area contributed by atoms with Gasteiger partial charge in [0, 0.05) is 0 Å². The molecule has 0 aromatic heterocycles. The minimum Gasteiger partial charge on any atom is -0.493 e. The van der Waals surface area contributed by atoms with E-state index in [4.69, 9.17) is 9.84 Å². The Kier molecular flexibility index (Phi) is 3.51. The van der Waals surface area contributed by atoms with Gasteiger partial charge < -0.3 is 9.84 Å². The predicted octanol–water partition coefficient (Wildman–Crippen LogP) is 2.48. The van der Waals surface area contributed by atoms with Crippen LogP contribution < -0.4 is 4.74 Å². The van der Waals surface area contributed by atoms with E-state index >= 15 is 0 Å². The van der Waals surface area contributed by atoms with Gasteiger partial charge in [0.2, 0.25) is 0 Å². The first-order valence-electron chi connectivity index (χ1n) is 4.62. The van der Waals surface area contributed by atoms with E-state index in [2.05, 4.69) is 0 Å². The third-order valence-electron chi connectivity index (χ3n) is 1.83. The zero-order chi connectivity index (χ0) is 10.6. The fraction of sp³-hybridized carbons (Fsp3) is 0.364. The Balaban J connectivity index is 2.97. The molecule has 0 atom stereocenters. The normalized spacial score (nSPS) is 9.86. The molecule has 0 radical (unpaired) electrons. The molecule has 0 bridgehead atoms. The Bertz CT molecular complexity index is 331. The van der Waals surface area contributed by atoms with Gasteiger partial charge in [0.05, 0.1) is 6.61 Å². The number of hydrogen-bond acceptors (Lipinski definition) is 2. The zero-order valence-corrected chi connectivity index (χ0v) is 8.41. The van der Waals surface area contributed by atoms with Crippen LogP contribution in [0.4, 0.5) is 0 Å². The summed E-state index contributed by atoms with van der Waals surface area (Å²) in [6.45, 7) is 4.43. The van der Waals surface area contributed by atoms with E-state index in [1.165, 1.54) is 0 Å². The lowest BCUT2D eigenvalue weighted by atomic mass is 10.1. The molecular formula is C11H14O3. The maximum Gasteiger partial charge on any atom is 0.339 e. The van der Waals surface area contributed by atoms with Crippen LogP contribution in [0.1, 0.15) is 29.3 Å². The molecule has 0 heterocycles. The molecule has 0 amide bonds. The largest absolute Gasteiger partial charge is 0.493 e. The number of ether oxygens (including phenoxy) is 1. The molecule has 76 valence electrons. The SMILES string of the molecule is CCCOc1cc(C)ccc1C(=O)O. The van der Waals surface area contributed by atoms with Crippen molar-refractivity contribution < 1.29 is 14.6 Å². The summed E-state index contributed by atoms with van der Waals surface area (Å²) in [4.78, 5) is 10.8. The number of carbonyl (C=O) groups is 1. The number of hydrogen-bond donors (Lipinski definition) is 1. The van der Waals surface area contributed by atoms with Gasteiger partial charge in [-0.3, -0.25) is 0 Å². The highest BCUT2D eigenvalue weighted by Crippen LogP contribution is 2.20. The first kappa shape index (κ1) is 10.6. The van der Waals surface area contributed by atoms with E-state index in [9.17, 15) is 4.79 Å². The molecule has 1 rings (SSSR count). The fourth-order valence-electron chi connectivity index (χ4n) is 1.14. The smallest absolute Gasteiger partial charge is 0.339 e. The van der Waals surface area contributed by atoms with E-state index in [-0.39, 0.29) is 5.56 Å². The number of benzene rings is 1. The molecule has 3 nitrogen and oxygen atoms in total. The van der Waals surface area contributed by atoms with E-state index in [1.807, 2.05) is 13.8 Å². The average molecular weight is 194 g/mol. The molecule has 0 aliphatic rings. The zero-order valence-electron chi connectivity index (χ0n) is 8.41. The molecule has 1 aromatic carbocycles. The highest BCUT2D eigenvalue weighted by molar-refractivity contribution is 5.90. The molecule has 0 spiro atoms. The second-order valence-electron chi connectivity index (χ2n) is 3.15. The van der Waals surface area contributed by atoms with Gasteiger partial charge in [0.25, 0.3) is 0 Å². The Hall–Kier alpha value is -1.51. The van der Waals surface area contributed by atoms with E-state index in [0.29, 0.717) is 12.4 Å². The topological polar surface area (TPSA) is 46.5 Å². The van der Waals surface area contributed by atoms with Crippen molar-refractivity contribution in [1.29, 1.82) is 0 Å². The average Bonchev–Trinajstić information content (AvgIpc) is 2.14. The van der Waals surface area contributed by atoms with Crippen molar-refractivity contribution >= 4 is 5.97 Å². The van der Waals surface area contributed by atoms with Crippen LogP contribution >= 0.6 is 0 Å². The van der Waals surface area contributed by atoms with Crippen LogP contribution in [0.3, 0.4) is 0 Å². The maximum absolute atomic E-state index is 10.8. The molecule has 1 aromatic rings. The highest BCUT2D eigenvalue weighted by Gasteiger charge is 2.10. The quantitative estimate of drug-likeness (QED) is 0.800. The lowest BCUT2D eigenvalue weighted by Gasteiger charge is -2.08. The summed E-state index contributed by atoms with van der Waals surface area (Å²) in [6, 6.07) is 5.09. The lowest BCUT2D eigenvalue weighted by molar-refractivity contribution is 0.0692. The second kappa shape index (κ2) is 4.65. The van der Waals surface area contributed by atoms with Crippen molar-refractivity contribution in [3.05, 3.63) is 29.3 Å². The third-order valence-corrected chi connectivity index (χ3v) is 1.83.